The predicted octanol–water partition coefficient (Wildman–Crippen LogP) is 3.62. The highest BCUT2D eigenvalue weighted by Gasteiger charge is 2.11. The van der Waals surface area contributed by atoms with E-state index >= 15 is 0 Å². The number of rotatable bonds is 3. The van der Waals surface area contributed by atoms with E-state index in [1.165, 1.54) is 12.8 Å². The SMILES string of the molecule is CCCC#CCC(C)(C)CC. The molecule has 0 spiro atoms. The fraction of sp³-hybridized carbons (Fsp3) is 0.818. The summed E-state index contributed by atoms with van der Waals surface area (Å²) in [6.07, 6.45) is 4.50. The van der Waals surface area contributed by atoms with Gasteiger partial charge in [-0.15, -0.1) is 11.8 Å². The van der Waals surface area contributed by atoms with Gasteiger partial charge in [-0.05, 0) is 11.8 Å². The van der Waals surface area contributed by atoms with E-state index in [0.29, 0.717) is 5.41 Å². The van der Waals surface area contributed by atoms with Crippen molar-refractivity contribution in [2.45, 2.75) is 53.4 Å². The van der Waals surface area contributed by atoms with Crippen LogP contribution in [0.15, 0.2) is 0 Å². The van der Waals surface area contributed by atoms with E-state index in [0.717, 1.165) is 12.8 Å². The third kappa shape index (κ3) is 5.98. The first kappa shape index (κ1) is 10.6. The van der Waals surface area contributed by atoms with Crippen LogP contribution in [0, 0.1) is 17.3 Å². The molecule has 0 atom stereocenters. The second kappa shape index (κ2) is 5.24. The average molecular weight is 152 g/mol. The highest BCUT2D eigenvalue weighted by molar-refractivity contribution is 5.01. The molecule has 0 aliphatic rings. The van der Waals surface area contributed by atoms with Crippen LogP contribution in [0.2, 0.25) is 0 Å². The molecule has 0 fully saturated rings. The van der Waals surface area contributed by atoms with Gasteiger partial charge in [0.25, 0.3) is 0 Å². The van der Waals surface area contributed by atoms with Gasteiger partial charge in [0.2, 0.25) is 0 Å². The summed E-state index contributed by atoms with van der Waals surface area (Å²) in [5.41, 5.74) is 0.417. The lowest BCUT2D eigenvalue weighted by atomic mass is 9.87. The highest BCUT2D eigenvalue weighted by Crippen LogP contribution is 2.23. The summed E-state index contributed by atoms with van der Waals surface area (Å²) >= 11 is 0. The van der Waals surface area contributed by atoms with Crippen LogP contribution in [0.3, 0.4) is 0 Å². The first-order chi connectivity index (χ1) is 5.12. The van der Waals surface area contributed by atoms with E-state index < -0.39 is 0 Å². The number of hydrogen-bond acceptors (Lipinski definition) is 0. The van der Waals surface area contributed by atoms with E-state index in [4.69, 9.17) is 0 Å². The van der Waals surface area contributed by atoms with Crippen LogP contribution in [-0.4, -0.2) is 0 Å². The molecular weight excluding hydrogens is 132 g/mol. The van der Waals surface area contributed by atoms with Crippen LogP contribution in [0.5, 0.6) is 0 Å². The Morgan fingerprint density at radius 2 is 1.73 bits per heavy atom. The Hall–Kier alpha value is -0.440. The quantitative estimate of drug-likeness (QED) is 0.542. The Balaban J connectivity index is 3.62. The van der Waals surface area contributed by atoms with E-state index in [2.05, 4.69) is 39.5 Å². The van der Waals surface area contributed by atoms with Crippen molar-refractivity contribution in [1.82, 2.24) is 0 Å². The molecule has 0 aliphatic heterocycles. The third-order valence-electron chi connectivity index (χ3n) is 2.02. The molecule has 0 unspecified atom stereocenters. The Kier molecular flexibility index (Phi) is 5.03. The molecular formula is C11H20. The molecule has 0 aromatic rings. The maximum Gasteiger partial charge on any atom is 0.0140 e. The molecule has 11 heavy (non-hydrogen) atoms. The minimum Gasteiger partial charge on any atom is -0.103 e. The maximum atomic E-state index is 3.23. The molecule has 0 amide bonds. The predicted molar refractivity (Wildman–Crippen MR) is 51.4 cm³/mol. The van der Waals surface area contributed by atoms with Crippen molar-refractivity contribution in [2.75, 3.05) is 0 Å². The molecule has 0 aromatic heterocycles. The van der Waals surface area contributed by atoms with Crippen LogP contribution in [0.1, 0.15) is 53.4 Å². The second-order valence-corrected chi connectivity index (χ2v) is 3.80. The summed E-state index contributed by atoms with van der Waals surface area (Å²) < 4.78 is 0. The topological polar surface area (TPSA) is 0 Å². The second-order valence-electron chi connectivity index (χ2n) is 3.80. The largest absolute Gasteiger partial charge is 0.103 e. The van der Waals surface area contributed by atoms with Crippen molar-refractivity contribution in [3.8, 4) is 11.8 Å². The van der Waals surface area contributed by atoms with Gasteiger partial charge in [0.1, 0.15) is 0 Å². The van der Waals surface area contributed by atoms with Gasteiger partial charge in [-0.2, -0.15) is 0 Å². The third-order valence-corrected chi connectivity index (χ3v) is 2.02. The molecule has 0 aliphatic carbocycles. The van der Waals surface area contributed by atoms with Crippen molar-refractivity contribution in [3.63, 3.8) is 0 Å². The van der Waals surface area contributed by atoms with Gasteiger partial charge in [0.05, 0.1) is 0 Å². The van der Waals surface area contributed by atoms with Crippen LogP contribution in [0.4, 0.5) is 0 Å². The van der Waals surface area contributed by atoms with Crippen LogP contribution >= 0.6 is 0 Å². The standard InChI is InChI=1S/C11H20/c1-5-7-8-9-10-11(3,4)6-2/h5-7,10H2,1-4H3. The molecule has 0 nitrogen and oxygen atoms in total. The smallest absolute Gasteiger partial charge is 0.0140 e. The van der Waals surface area contributed by atoms with E-state index in [1.54, 1.807) is 0 Å². The Morgan fingerprint density at radius 1 is 1.09 bits per heavy atom. The lowest BCUT2D eigenvalue weighted by Crippen LogP contribution is -2.07. The van der Waals surface area contributed by atoms with Crippen molar-refractivity contribution >= 4 is 0 Å². The molecule has 0 saturated heterocycles. The fourth-order valence-corrected chi connectivity index (χ4v) is 0.640. The van der Waals surface area contributed by atoms with Crippen molar-refractivity contribution in [1.29, 1.82) is 0 Å². The molecule has 0 N–H and O–H groups in total. The minimum absolute atomic E-state index is 0.417. The maximum absolute atomic E-state index is 3.23. The molecule has 0 aromatic carbocycles. The summed E-state index contributed by atoms with van der Waals surface area (Å²) in [6, 6.07) is 0. The summed E-state index contributed by atoms with van der Waals surface area (Å²) in [6.45, 7) is 8.93. The average Bonchev–Trinajstić information content (AvgIpc) is 1.99. The molecule has 64 valence electrons. The molecule has 0 saturated carbocycles. The summed E-state index contributed by atoms with van der Waals surface area (Å²) in [5, 5.41) is 0. The first-order valence-electron chi connectivity index (χ1n) is 4.58. The Labute approximate surface area is 71.4 Å². The van der Waals surface area contributed by atoms with Crippen LogP contribution < -0.4 is 0 Å². The highest BCUT2D eigenvalue weighted by atomic mass is 14.2. The molecule has 0 rings (SSSR count). The first-order valence-corrected chi connectivity index (χ1v) is 4.58. The van der Waals surface area contributed by atoms with E-state index in [-0.39, 0.29) is 0 Å². The molecule has 0 radical (unpaired) electrons. The molecule has 0 heteroatoms. The van der Waals surface area contributed by atoms with Crippen LogP contribution in [-0.2, 0) is 0 Å². The van der Waals surface area contributed by atoms with Gasteiger partial charge in [0.15, 0.2) is 0 Å². The van der Waals surface area contributed by atoms with E-state index in [1.807, 2.05) is 0 Å². The molecule has 0 heterocycles. The fourth-order valence-electron chi connectivity index (χ4n) is 0.640. The number of hydrogen-bond donors (Lipinski definition) is 0. The van der Waals surface area contributed by atoms with E-state index in [9.17, 15) is 0 Å². The number of unbranched alkanes of at least 4 members (excludes halogenated alkanes) is 1. The molecule has 0 bridgehead atoms. The van der Waals surface area contributed by atoms with Crippen LogP contribution in [0.25, 0.3) is 0 Å². The minimum atomic E-state index is 0.417. The zero-order valence-electron chi connectivity index (χ0n) is 8.33. The Morgan fingerprint density at radius 3 is 2.18 bits per heavy atom. The van der Waals surface area contributed by atoms with Gasteiger partial charge in [-0.1, -0.05) is 34.1 Å². The lowest BCUT2D eigenvalue weighted by molar-refractivity contribution is 0.363. The zero-order chi connectivity index (χ0) is 8.74. The van der Waals surface area contributed by atoms with Crippen molar-refractivity contribution in [2.24, 2.45) is 5.41 Å². The van der Waals surface area contributed by atoms with Gasteiger partial charge in [0, 0.05) is 12.8 Å². The van der Waals surface area contributed by atoms with Crippen molar-refractivity contribution in [3.05, 3.63) is 0 Å². The van der Waals surface area contributed by atoms with Crippen molar-refractivity contribution < 1.29 is 0 Å². The van der Waals surface area contributed by atoms with Gasteiger partial charge in [-0.3, -0.25) is 0 Å². The van der Waals surface area contributed by atoms with Gasteiger partial charge < -0.3 is 0 Å². The van der Waals surface area contributed by atoms with Gasteiger partial charge in [-0.25, -0.2) is 0 Å². The van der Waals surface area contributed by atoms with Gasteiger partial charge >= 0.3 is 0 Å². The lowest BCUT2D eigenvalue weighted by Gasteiger charge is -2.18. The summed E-state index contributed by atoms with van der Waals surface area (Å²) in [7, 11) is 0. The normalized spacial score (nSPS) is 10.5. The Bertz CT molecular complexity index is 143. The monoisotopic (exact) mass is 152 g/mol. The summed E-state index contributed by atoms with van der Waals surface area (Å²) in [5.74, 6) is 6.40. The summed E-state index contributed by atoms with van der Waals surface area (Å²) in [4.78, 5) is 0. The zero-order valence-corrected chi connectivity index (χ0v) is 8.33.